The van der Waals surface area contributed by atoms with Crippen LogP contribution in [0, 0.1) is 11.6 Å². The predicted molar refractivity (Wildman–Crippen MR) is 56.9 cm³/mol. The average molecular weight is 237 g/mol. The quantitative estimate of drug-likeness (QED) is 0.860. The van der Waals surface area contributed by atoms with E-state index in [1.54, 1.807) is 0 Å². The number of carbonyl (C=O) groups excluding carboxylic acids is 1. The van der Waals surface area contributed by atoms with Gasteiger partial charge in [0.2, 0.25) is 0 Å². The Morgan fingerprint density at radius 1 is 1.29 bits per heavy atom. The number of aromatic nitrogens is 2. The molecule has 0 aliphatic carbocycles. The van der Waals surface area contributed by atoms with Gasteiger partial charge in [0.15, 0.2) is 11.5 Å². The first kappa shape index (κ1) is 11.3. The monoisotopic (exact) mass is 237 g/mol. The lowest BCUT2D eigenvalue weighted by Gasteiger charge is -2.06. The van der Waals surface area contributed by atoms with Crippen molar-refractivity contribution in [2.24, 2.45) is 0 Å². The molecule has 0 unspecified atom stereocenters. The molecule has 0 spiro atoms. The molecule has 2 rings (SSSR count). The fourth-order valence-electron chi connectivity index (χ4n) is 1.43. The molecule has 17 heavy (non-hydrogen) atoms. The van der Waals surface area contributed by atoms with Gasteiger partial charge in [-0.05, 0) is 24.3 Å². The van der Waals surface area contributed by atoms with Gasteiger partial charge in [0.25, 0.3) is 5.91 Å². The van der Waals surface area contributed by atoms with Crippen LogP contribution in [0.25, 0.3) is 5.69 Å². The van der Waals surface area contributed by atoms with Crippen molar-refractivity contribution in [2.75, 3.05) is 7.05 Å². The van der Waals surface area contributed by atoms with Crippen molar-refractivity contribution in [2.45, 2.75) is 0 Å². The lowest BCUT2D eigenvalue weighted by atomic mass is 10.3. The first-order valence-corrected chi connectivity index (χ1v) is 4.85. The normalized spacial score (nSPS) is 10.3. The standard InChI is InChI=1S/C11H9F2N3O/c1-14-11(17)10-9(13)6-15-16(10)8-4-2-7(12)3-5-8/h2-6H,1H3,(H,14,17). The second kappa shape index (κ2) is 4.32. The van der Waals surface area contributed by atoms with E-state index in [1.807, 2.05) is 0 Å². The summed E-state index contributed by atoms with van der Waals surface area (Å²) >= 11 is 0. The maximum Gasteiger partial charge on any atom is 0.272 e. The Bertz CT molecular complexity index is 548. The van der Waals surface area contributed by atoms with Crippen LogP contribution >= 0.6 is 0 Å². The number of nitrogens with zero attached hydrogens (tertiary/aromatic N) is 2. The van der Waals surface area contributed by atoms with Gasteiger partial charge in [-0.25, -0.2) is 13.5 Å². The van der Waals surface area contributed by atoms with Crippen molar-refractivity contribution >= 4 is 5.91 Å². The SMILES string of the molecule is CNC(=O)c1c(F)cnn1-c1ccc(F)cc1. The van der Waals surface area contributed by atoms with Gasteiger partial charge in [-0.2, -0.15) is 5.10 Å². The molecule has 1 aromatic carbocycles. The van der Waals surface area contributed by atoms with E-state index >= 15 is 0 Å². The smallest absolute Gasteiger partial charge is 0.272 e. The van der Waals surface area contributed by atoms with Crippen LogP contribution in [0.15, 0.2) is 30.5 Å². The number of benzene rings is 1. The van der Waals surface area contributed by atoms with Crippen LogP contribution in [0.1, 0.15) is 10.5 Å². The fourth-order valence-corrected chi connectivity index (χ4v) is 1.43. The van der Waals surface area contributed by atoms with Crippen LogP contribution in [0.3, 0.4) is 0 Å². The van der Waals surface area contributed by atoms with Gasteiger partial charge in [0.1, 0.15) is 5.82 Å². The molecule has 0 fully saturated rings. The molecular weight excluding hydrogens is 228 g/mol. The van der Waals surface area contributed by atoms with Crippen molar-refractivity contribution in [3.8, 4) is 5.69 Å². The molecule has 0 saturated heterocycles. The number of nitrogens with one attached hydrogen (secondary N) is 1. The zero-order valence-corrected chi connectivity index (χ0v) is 8.95. The zero-order valence-electron chi connectivity index (χ0n) is 8.95. The molecule has 4 nitrogen and oxygen atoms in total. The van der Waals surface area contributed by atoms with Crippen molar-refractivity contribution in [3.05, 3.63) is 47.8 Å². The van der Waals surface area contributed by atoms with E-state index in [2.05, 4.69) is 10.4 Å². The summed E-state index contributed by atoms with van der Waals surface area (Å²) in [5.41, 5.74) is 0.202. The molecule has 0 bridgehead atoms. The Kier molecular flexibility index (Phi) is 2.86. The molecule has 2 aromatic rings. The van der Waals surface area contributed by atoms with Crippen molar-refractivity contribution in [1.29, 1.82) is 0 Å². The van der Waals surface area contributed by atoms with E-state index < -0.39 is 17.5 Å². The van der Waals surface area contributed by atoms with Gasteiger partial charge >= 0.3 is 0 Å². The molecule has 1 N–H and O–H groups in total. The molecule has 0 aliphatic rings. The number of carbonyl (C=O) groups is 1. The van der Waals surface area contributed by atoms with Crippen LogP contribution in [0.4, 0.5) is 8.78 Å². The third-order valence-corrected chi connectivity index (χ3v) is 2.24. The minimum absolute atomic E-state index is 0.209. The maximum atomic E-state index is 13.4. The Morgan fingerprint density at radius 3 is 2.53 bits per heavy atom. The molecular formula is C11H9F2N3O. The number of amides is 1. The summed E-state index contributed by atoms with van der Waals surface area (Å²) in [5, 5.41) is 6.06. The van der Waals surface area contributed by atoms with E-state index in [4.69, 9.17) is 0 Å². The molecule has 0 saturated carbocycles. The summed E-state index contributed by atoms with van der Waals surface area (Å²) in [5.74, 6) is -1.74. The van der Waals surface area contributed by atoms with Crippen molar-refractivity contribution in [3.63, 3.8) is 0 Å². The average Bonchev–Trinajstić information content (AvgIpc) is 2.71. The van der Waals surface area contributed by atoms with Crippen LogP contribution < -0.4 is 5.32 Å². The molecule has 88 valence electrons. The minimum atomic E-state index is -0.728. The van der Waals surface area contributed by atoms with Crippen LogP contribution in [-0.4, -0.2) is 22.7 Å². The van der Waals surface area contributed by atoms with E-state index in [1.165, 1.54) is 31.3 Å². The molecule has 1 aromatic heterocycles. The van der Waals surface area contributed by atoms with Crippen LogP contribution in [-0.2, 0) is 0 Å². The topological polar surface area (TPSA) is 46.9 Å². The summed E-state index contributed by atoms with van der Waals surface area (Å²) < 4.78 is 27.3. The van der Waals surface area contributed by atoms with E-state index in [-0.39, 0.29) is 5.69 Å². The van der Waals surface area contributed by atoms with E-state index in [0.29, 0.717) is 5.69 Å². The highest BCUT2D eigenvalue weighted by atomic mass is 19.1. The Hall–Kier alpha value is -2.24. The highest BCUT2D eigenvalue weighted by Crippen LogP contribution is 2.14. The predicted octanol–water partition coefficient (Wildman–Crippen LogP) is 1.51. The lowest BCUT2D eigenvalue weighted by molar-refractivity contribution is 0.0951. The lowest BCUT2D eigenvalue weighted by Crippen LogP contribution is -2.22. The van der Waals surface area contributed by atoms with E-state index in [0.717, 1.165) is 10.9 Å². The third-order valence-electron chi connectivity index (χ3n) is 2.24. The zero-order chi connectivity index (χ0) is 12.4. The number of halogens is 2. The summed E-state index contributed by atoms with van der Waals surface area (Å²) in [6.07, 6.45) is 0.938. The fraction of sp³-hybridized carbons (Fsp3) is 0.0909. The van der Waals surface area contributed by atoms with E-state index in [9.17, 15) is 13.6 Å². The van der Waals surface area contributed by atoms with Gasteiger partial charge in [-0.15, -0.1) is 0 Å². The van der Waals surface area contributed by atoms with Gasteiger partial charge in [-0.1, -0.05) is 0 Å². The first-order chi connectivity index (χ1) is 8.13. The van der Waals surface area contributed by atoms with Gasteiger partial charge in [0.05, 0.1) is 11.9 Å². The second-order valence-electron chi connectivity index (χ2n) is 3.31. The molecule has 0 aliphatic heterocycles. The summed E-state index contributed by atoms with van der Waals surface area (Å²) in [7, 11) is 1.39. The molecule has 6 heteroatoms. The highest BCUT2D eigenvalue weighted by Gasteiger charge is 2.18. The van der Waals surface area contributed by atoms with Crippen LogP contribution in [0.5, 0.6) is 0 Å². The molecule has 1 heterocycles. The Labute approximate surface area is 95.9 Å². The largest absolute Gasteiger partial charge is 0.354 e. The highest BCUT2D eigenvalue weighted by molar-refractivity contribution is 5.93. The van der Waals surface area contributed by atoms with Gasteiger partial charge in [-0.3, -0.25) is 4.79 Å². The molecule has 1 amide bonds. The third kappa shape index (κ3) is 2.01. The summed E-state index contributed by atoms with van der Waals surface area (Å²) in [6, 6.07) is 5.24. The summed E-state index contributed by atoms with van der Waals surface area (Å²) in [4.78, 5) is 11.5. The number of rotatable bonds is 2. The maximum absolute atomic E-state index is 13.4. The van der Waals surface area contributed by atoms with Crippen LogP contribution in [0.2, 0.25) is 0 Å². The van der Waals surface area contributed by atoms with Crippen molar-refractivity contribution in [1.82, 2.24) is 15.1 Å². The minimum Gasteiger partial charge on any atom is -0.354 e. The van der Waals surface area contributed by atoms with Gasteiger partial charge < -0.3 is 5.32 Å². The Morgan fingerprint density at radius 2 is 1.94 bits per heavy atom. The summed E-state index contributed by atoms with van der Waals surface area (Å²) in [6.45, 7) is 0. The van der Waals surface area contributed by atoms with Crippen molar-refractivity contribution < 1.29 is 13.6 Å². The molecule has 0 atom stereocenters. The Balaban J connectivity index is 2.52. The number of hydrogen-bond acceptors (Lipinski definition) is 2. The number of hydrogen-bond donors (Lipinski definition) is 1. The first-order valence-electron chi connectivity index (χ1n) is 4.85. The van der Waals surface area contributed by atoms with Gasteiger partial charge in [0, 0.05) is 7.05 Å². The second-order valence-corrected chi connectivity index (χ2v) is 3.31. The molecule has 0 radical (unpaired) electrons.